The van der Waals surface area contributed by atoms with Crippen molar-refractivity contribution in [3.05, 3.63) is 23.8 Å². The van der Waals surface area contributed by atoms with Gasteiger partial charge in [0, 0.05) is 12.4 Å². The van der Waals surface area contributed by atoms with Crippen molar-refractivity contribution >= 4 is 12.9 Å². The number of carbonyl (C=O) groups is 1. The van der Waals surface area contributed by atoms with E-state index in [-0.39, 0.29) is 62.8 Å². The quantitative estimate of drug-likeness (QED) is 0.597. The van der Waals surface area contributed by atoms with Crippen LogP contribution < -0.4 is 57.1 Å². The van der Waals surface area contributed by atoms with Crippen molar-refractivity contribution in [3.63, 3.8) is 0 Å². The molecule has 1 heterocycles. The molecule has 0 radical (unpaired) electrons. The molecule has 1 rings (SSSR count). The molecule has 0 fully saturated rings. The Balaban J connectivity index is 0.00000196. The summed E-state index contributed by atoms with van der Waals surface area (Å²) in [7, 11) is 0. The van der Waals surface area contributed by atoms with E-state index >= 15 is 0 Å². The summed E-state index contributed by atoms with van der Waals surface area (Å²) in [5.41, 5.74) is 4.73. The van der Waals surface area contributed by atoms with Crippen molar-refractivity contribution in [2.24, 2.45) is 5.73 Å². The fourth-order valence-corrected chi connectivity index (χ4v) is 0.855. The van der Waals surface area contributed by atoms with Crippen LogP contribution in [0.15, 0.2) is 12.4 Å². The molecule has 0 atom stereocenters. The molecule has 0 aliphatic heterocycles. The van der Waals surface area contributed by atoms with Crippen LogP contribution in [-0.2, 0) is 6.32 Å². The van der Waals surface area contributed by atoms with Crippen molar-refractivity contribution in [1.82, 2.24) is 9.97 Å². The summed E-state index contributed by atoms with van der Waals surface area (Å²) in [5.74, 6) is -1.16. The Kier molecular flexibility index (Phi) is 5.96. The van der Waals surface area contributed by atoms with Gasteiger partial charge in [-0.05, 0) is 5.56 Å². The second-order valence-corrected chi connectivity index (χ2v) is 2.69. The smallest absolute Gasteiger partial charge is 0.449 e. The van der Waals surface area contributed by atoms with Gasteiger partial charge in [-0.15, -0.1) is 0 Å². The summed E-state index contributed by atoms with van der Waals surface area (Å²) < 4.78 is 35.7. The van der Waals surface area contributed by atoms with Crippen LogP contribution in [0.4, 0.5) is 12.9 Å². The number of rotatable bonds is 3. The number of hydrogen-bond donors (Lipinski definition) is 1. The first kappa shape index (κ1) is 15.0. The van der Waals surface area contributed by atoms with Gasteiger partial charge in [0.1, 0.15) is 0 Å². The number of carbonyl (C=O) groups excluding carboxylic acids is 1. The van der Waals surface area contributed by atoms with Crippen molar-refractivity contribution in [2.75, 3.05) is 0 Å². The van der Waals surface area contributed by atoms with Gasteiger partial charge in [0.15, 0.2) is 0 Å². The van der Waals surface area contributed by atoms with Crippen LogP contribution in [0.2, 0.25) is 0 Å². The first-order valence-electron chi connectivity index (χ1n) is 3.70. The molecule has 0 aromatic carbocycles. The molecule has 0 aliphatic rings. The topological polar surface area (TPSA) is 68.9 Å². The second kappa shape index (κ2) is 5.95. The third kappa shape index (κ3) is 5.62. The van der Waals surface area contributed by atoms with E-state index < -0.39 is 19.2 Å². The van der Waals surface area contributed by atoms with Crippen LogP contribution in [0.3, 0.4) is 0 Å². The van der Waals surface area contributed by atoms with Crippen molar-refractivity contribution in [3.8, 4) is 0 Å². The molecular formula is C6H6BF3KN3O. The molecule has 0 bridgehead atoms. The van der Waals surface area contributed by atoms with E-state index in [4.69, 9.17) is 5.73 Å². The minimum Gasteiger partial charge on any atom is -0.449 e. The third-order valence-corrected chi connectivity index (χ3v) is 1.39. The monoisotopic (exact) mass is 243 g/mol. The molecule has 1 amide bonds. The Morgan fingerprint density at radius 2 is 1.80 bits per heavy atom. The predicted octanol–water partition coefficient (Wildman–Crippen LogP) is -2.49. The van der Waals surface area contributed by atoms with Crippen molar-refractivity contribution in [1.29, 1.82) is 0 Å². The number of nitrogens with two attached hydrogens (primary N) is 1. The van der Waals surface area contributed by atoms with E-state index in [9.17, 15) is 17.7 Å². The maximum absolute atomic E-state index is 11.9. The Morgan fingerprint density at radius 3 is 2.13 bits per heavy atom. The predicted molar refractivity (Wildman–Crippen MR) is 43.3 cm³/mol. The maximum atomic E-state index is 11.9. The van der Waals surface area contributed by atoms with Gasteiger partial charge in [-0.1, -0.05) is 6.32 Å². The van der Waals surface area contributed by atoms with Crippen LogP contribution in [-0.4, -0.2) is 22.9 Å². The zero-order valence-electron chi connectivity index (χ0n) is 7.95. The number of hydrogen-bond acceptors (Lipinski definition) is 3. The summed E-state index contributed by atoms with van der Waals surface area (Å²) in [6.45, 7) is -4.91. The normalized spacial score (nSPS) is 10.6. The fourth-order valence-electron chi connectivity index (χ4n) is 0.855. The number of halogens is 3. The SMILES string of the molecule is NC(=O)c1ncc(C[B-](F)(F)F)cn1.[K+]. The number of primary amides is 1. The van der Waals surface area contributed by atoms with Gasteiger partial charge in [0.25, 0.3) is 5.91 Å². The minimum absolute atomic E-state index is 0. The van der Waals surface area contributed by atoms with Crippen molar-refractivity contribution in [2.45, 2.75) is 6.32 Å². The van der Waals surface area contributed by atoms with Gasteiger partial charge in [0.2, 0.25) is 5.82 Å². The molecule has 4 nitrogen and oxygen atoms in total. The minimum atomic E-state index is -4.91. The van der Waals surface area contributed by atoms with E-state index in [1.807, 2.05) is 0 Å². The first-order chi connectivity index (χ1) is 6.38. The zero-order chi connectivity index (χ0) is 10.8. The molecule has 76 valence electrons. The van der Waals surface area contributed by atoms with Crippen LogP contribution in [0.1, 0.15) is 16.2 Å². The average Bonchev–Trinajstić information content (AvgIpc) is 2.02. The number of aromatic nitrogens is 2. The molecule has 1 aromatic heterocycles. The van der Waals surface area contributed by atoms with Crippen LogP contribution in [0.5, 0.6) is 0 Å². The summed E-state index contributed by atoms with van der Waals surface area (Å²) in [4.78, 5) is 17.2. The van der Waals surface area contributed by atoms with Gasteiger partial charge in [0.05, 0.1) is 0 Å². The molecule has 0 saturated carbocycles. The van der Waals surface area contributed by atoms with E-state index in [2.05, 4.69) is 9.97 Å². The largest absolute Gasteiger partial charge is 1.00 e. The van der Waals surface area contributed by atoms with E-state index in [0.29, 0.717) is 0 Å². The summed E-state index contributed by atoms with van der Waals surface area (Å²) in [5, 5.41) is 0. The van der Waals surface area contributed by atoms with Gasteiger partial charge in [-0.3, -0.25) is 4.79 Å². The summed E-state index contributed by atoms with van der Waals surface area (Å²) >= 11 is 0. The molecule has 0 saturated heterocycles. The average molecular weight is 243 g/mol. The van der Waals surface area contributed by atoms with E-state index in [1.165, 1.54) is 0 Å². The van der Waals surface area contributed by atoms with Gasteiger partial charge >= 0.3 is 58.4 Å². The van der Waals surface area contributed by atoms with E-state index in [0.717, 1.165) is 12.4 Å². The van der Waals surface area contributed by atoms with Gasteiger partial charge < -0.3 is 18.7 Å². The number of nitrogens with zero attached hydrogens (tertiary/aromatic N) is 2. The molecule has 0 unspecified atom stereocenters. The summed E-state index contributed by atoms with van der Waals surface area (Å²) in [6, 6.07) is 0. The third-order valence-electron chi connectivity index (χ3n) is 1.39. The van der Waals surface area contributed by atoms with Crippen LogP contribution in [0, 0.1) is 0 Å². The Hall–Kier alpha value is 0.0413. The Bertz CT molecular complexity index is 342. The van der Waals surface area contributed by atoms with Crippen molar-refractivity contribution < 1.29 is 69.1 Å². The molecule has 9 heteroatoms. The molecule has 15 heavy (non-hydrogen) atoms. The molecule has 2 N–H and O–H groups in total. The van der Waals surface area contributed by atoms with Gasteiger partial charge in [-0.25, -0.2) is 9.97 Å². The standard InChI is InChI=1S/C6H6BF3N3O.K/c8-7(9,10)1-4-2-12-6(5(11)14)13-3-4;/h2-3H,1H2,(H2,11,14);/q-1;+1. The first-order valence-corrected chi connectivity index (χ1v) is 3.70. The van der Waals surface area contributed by atoms with Gasteiger partial charge in [-0.2, -0.15) is 0 Å². The Labute approximate surface area is 126 Å². The second-order valence-electron chi connectivity index (χ2n) is 2.69. The molecular weight excluding hydrogens is 237 g/mol. The summed E-state index contributed by atoms with van der Waals surface area (Å²) in [6.07, 6.45) is 0.837. The molecule has 0 aliphatic carbocycles. The molecule has 1 aromatic rings. The van der Waals surface area contributed by atoms with Crippen LogP contribution >= 0.6 is 0 Å². The maximum Gasteiger partial charge on any atom is 1.00 e. The number of amides is 1. The molecule has 0 spiro atoms. The van der Waals surface area contributed by atoms with Crippen LogP contribution in [0.25, 0.3) is 0 Å². The Morgan fingerprint density at radius 1 is 1.33 bits per heavy atom. The van der Waals surface area contributed by atoms with E-state index in [1.54, 1.807) is 0 Å². The fraction of sp³-hybridized carbons (Fsp3) is 0.167. The zero-order valence-corrected chi connectivity index (χ0v) is 11.1.